The quantitative estimate of drug-likeness (QED) is 0.389. The van der Waals surface area contributed by atoms with Crippen molar-refractivity contribution < 1.29 is 40.6 Å². The summed E-state index contributed by atoms with van der Waals surface area (Å²) in [7, 11) is 0. The van der Waals surface area contributed by atoms with Crippen molar-refractivity contribution in [2.45, 2.75) is 83.3 Å². The topological polar surface area (TPSA) is 38.8 Å². The molecule has 0 spiro atoms. The van der Waals surface area contributed by atoms with Crippen molar-refractivity contribution in [3.8, 4) is 0 Å². The summed E-state index contributed by atoms with van der Waals surface area (Å²) in [4.78, 5) is 14.7. The first-order valence-electron chi connectivity index (χ1n) is 11.5. The smallest absolute Gasteiger partial charge is 0.416 e. The van der Waals surface area contributed by atoms with Crippen molar-refractivity contribution in [3.63, 3.8) is 0 Å². The molecular weight excluding hydrogens is 488 g/mol. The third-order valence-electron chi connectivity index (χ3n) is 5.85. The van der Waals surface area contributed by atoms with Gasteiger partial charge in [0.15, 0.2) is 0 Å². The van der Waals surface area contributed by atoms with Crippen molar-refractivity contribution in [2.75, 3.05) is 0 Å². The van der Waals surface area contributed by atoms with Crippen LogP contribution in [0.25, 0.3) is 0 Å². The number of rotatable bonds is 4. The van der Waals surface area contributed by atoms with E-state index >= 15 is 0 Å². The predicted molar refractivity (Wildman–Crippen MR) is 121 cm³/mol. The molecule has 4 nitrogen and oxygen atoms in total. The van der Waals surface area contributed by atoms with E-state index in [1.54, 1.807) is 56.0 Å². The van der Waals surface area contributed by atoms with Crippen molar-refractivity contribution in [2.24, 2.45) is 0 Å². The number of likely N-dealkylation sites (tertiary alicyclic amines) is 1. The second-order valence-corrected chi connectivity index (χ2v) is 9.93. The van der Waals surface area contributed by atoms with Gasteiger partial charge in [-0.15, -0.1) is 0 Å². The minimum atomic E-state index is -4.95. The molecule has 1 amide bonds. The van der Waals surface area contributed by atoms with Gasteiger partial charge in [-0.2, -0.15) is 26.3 Å². The van der Waals surface area contributed by atoms with Crippen LogP contribution in [-0.2, 0) is 28.4 Å². The van der Waals surface area contributed by atoms with Crippen LogP contribution in [0.1, 0.15) is 68.8 Å². The highest BCUT2D eigenvalue weighted by Crippen LogP contribution is 2.39. The zero-order chi connectivity index (χ0) is 26.9. The maximum Gasteiger partial charge on any atom is 0.416 e. The molecule has 3 unspecified atom stereocenters. The first-order valence-corrected chi connectivity index (χ1v) is 11.5. The lowest BCUT2D eigenvalue weighted by Crippen LogP contribution is -2.51. The van der Waals surface area contributed by atoms with Gasteiger partial charge in [0, 0.05) is 6.04 Å². The Hall–Kier alpha value is -2.75. The first-order chi connectivity index (χ1) is 16.6. The molecule has 3 rings (SSSR count). The summed E-state index contributed by atoms with van der Waals surface area (Å²) in [6, 6.07) is 9.47. The van der Waals surface area contributed by atoms with Crippen LogP contribution in [0.2, 0.25) is 0 Å². The number of hydrogen-bond acceptors (Lipinski definition) is 3. The van der Waals surface area contributed by atoms with Crippen molar-refractivity contribution in [1.82, 2.24) is 4.90 Å². The molecular formula is C26H29F6NO3. The van der Waals surface area contributed by atoms with E-state index in [-0.39, 0.29) is 17.7 Å². The number of alkyl halides is 6. The Morgan fingerprint density at radius 2 is 1.47 bits per heavy atom. The van der Waals surface area contributed by atoms with Crippen LogP contribution >= 0.6 is 0 Å². The van der Waals surface area contributed by atoms with Crippen LogP contribution < -0.4 is 0 Å². The number of hydrogen-bond donors (Lipinski definition) is 0. The number of benzene rings is 2. The van der Waals surface area contributed by atoms with Gasteiger partial charge in [-0.05, 0) is 69.9 Å². The van der Waals surface area contributed by atoms with Gasteiger partial charge in [0.05, 0.1) is 29.9 Å². The molecule has 0 N–H and O–H groups in total. The van der Waals surface area contributed by atoms with Crippen LogP contribution in [0.15, 0.2) is 48.5 Å². The Labute approximate surface area is 206 Å². The highest BCUT2D eigenvalue weighted by molar-refractivity contribution is 5.69. The van der Waals surface area contributed by atoms with Crippen molar-refractivity contribution in [3.05, 3.63) is 70.8 Å². The normalized spacial score (nSPS) is 21.4. The Balaban J connectivity index is 1.94. The molecule has 3 atom stereocenters. The highest BCUT2D eigenvalue weighted by Gasteiger charge is 2.42. The molecule has 2 aromatic carbocycles. The number of carbonyl (C=O) groups excluding carboxylic acids is 1. The molecule has 36 heavy (non-hydrogen) atoms. The predicted octanol–water partition coefficient (Wildman–Crippen LogP) is 7.77. The molecule has 1 aliphatic heterocycles. The van der Waals surface area contributed by atoms with Crippen LogP contribution in [0.3, 0.4) is 0 Å². The number of carbonyl (C=O) groups is 1. The van der Waals surface area contributed by atoms with E-state index in [0.29, 0.717) is 25.0 Å². The molecule has 10 heteroatoms. The molecule has 198 valence electrons. The highest BCUT2D eigenvalue weighted by atomic mass is 19.4. The second-order valence-electron chi connectivity index (χ2n) is 9.93. The van der Waals surface area contributed by atoms with E-state index in [1.165, 1.54) is 0 Å². The average molecular weight is 518 g/mol. The largest absolute Gasteiger partial charge is 0.444 e. The third-order valence-corrected chi connectivity index (χ3v) is 5.85. The van der Waals surface area contributed by atoms with Crippen LogP contribution in [0, 0.1) is 0 Å². The molecule has 1 aliphatic rings. The fourth-order valence-electron chi connectivity index (χ4n) is 4.27. The zero-order valence-electron chi connectivity index (χ0n) is 20.4. The monoisotopic (exact) mass is 517 g/mol. The van der Waals surface area contributed by atoms with Gasteiger partial charge < -0.3 is 9.47 Å². The van der Waals surface area contributed by atoms with Gasteiger partial charge in [-0.25, -0.2) is 4.79 Å². The maximum absolute atomic E-state index is 13.3. The number of amides is 1. The summed E-state index contributed by atoms with van der Waals surface area (Å²) >= 11 is 0. The van der Waals surface area contributed by atoms with Crippen molar-refractivity contribution >= 4 is 6.09 Å². The van der Waals surface area contributed by atoms with Gasteiger partial charge in [0.2, 0.25) is 0 Å². The molecule has 0 aliphatic carbocycles. The lowest BCUT2D eigenvalue weighted by atomic mass is 9.89. The fraction of sp³-hybridized carbons (Fsp3) is 0.500. The standard InChI is InChI=1S/C26H29F6NO3/c1-16-10-11-21(22(18-8-6-5-7-9-18)33(16)23(34)36-24(2,3)4)35-15-17-12-19(25(27,28)29)14-20(13-17)26(30,31)32/h5-9,12-14,16,21-22H,10-11,15H2,1-4H3. The third kappa shape index (κ3) is 6.93. The summed E-state index contributed by atoms with van der Waals surface area (Å²) in [5, 5.41) is 0. The maximum atomic E-state index is 13.3. The Morgan fingerprint density at radius 1 is 0.917 bits per heavy atom. The number of nitrogens with zero attached hydrogens (tertiary/aromatic N) is 1. The molecule has 2 aromatic rings. The van der Waals surface area contributed by atoms with Gasteiger partial charge >= 0.3 is 18.4 Å². The van der Waals surface area contributed by atoms with E-state index in [4.69, 9.17) is 9.47 Å². The van der Waals surface area contributed by atoms with Gasteiger partial charge in [0.25, 0.3) is 0 Å². The van der Waals surface area contributed by atoms with Crippen LogP contribution in [-0.4, -0.2) is 28.7 Å². The van der Waals surface area contributed by atoms with Crippen LogP contribution in [0.5, 0.6) is 0 Å². The van der Waals surface area contributed by atoms with Gasteiger partial charge in [-0.1, -0.05) is 30.3 Å². The summed E-state index contributed by atoms with van der Waals surface area (Å²) in [6.45, 7) is 6.57. The van der Waals surface area contributed by atoms with Crippen LogP contribution in [0.4, 0.5) is 31.1 Å². The molecule has 1 heterocycles. The Bertz CT molecular complexity index is 1010. The van der Waals surface area contributed by atoms with Gasteiger partial charge in [-0.3, -0.25) is 4.90 Å². The van der Waals surface area contributed by atoms with E-state index in [2.05, 4.69) is 0 Å². The minimum absolute atomic E-state index is 0.0861. The number of ether oxygens (including phenoxy) is 2. The number of piperidine rings is 1. The zero-order valence-corrected chi connectivity index (χ0v) is 20.4. The molecule has 0 aromatic heterocycles. The Kier molecular flexibility index (Phi) is 7.98. The summed E-state index contributed by atoms with van der Waals surface area (Å²) in [6.07, 6.45) is -10.2. The lowest BCUT2D eigenvalue weighted by molar-refractivity contribution is -0.143. The first kappa shape index (κ1) is 27.8. The van der Waals surface area contributed by atoms with E-state index < -0.39 is 53.9 Å². The van der Waals surface area contributed by atoms with Crippen molar-refractivity contribution in [1.29, 1.82) is 0 Å². The molecule has 0 radical (unpaired) electrons. The minimum Gasteiger partial charge on any atom is -0.444 e. The SMILES string of the molecule is CC1CCC(OCc2cc(C(F)(F)F)cc(C(F)(F)F)c2)C(c2ccccc2)N1C(=O)OC(C)(C)C. The summed E-state index contributed by atoms with van der Waals surface area (Å²) in [5.74, 6) is 0. The Morgan fingerprint density at radius 3 is 1.97 bits per heavy atom. The molecule has 0 saturated carbocycles. The average Bonchev–Trinajstić information content (AvgIpc) is 2.76. The lowest BCUT2D eigenvalue weighted by Gasteiger charge is -2.45. The van der Waals surface area contributed by atoms with E-state index in [0.717, 1.165) is 5.56 Å². The summed E-state index contributed by atoms with van der Waals surface area (Å²) < 4.78 is 91.1. The molecule has 1 fully saturated rings. The van der Waals surface area contributed by atoms with E-state index in [1.807, 2.05) is 6.92 Å². The second kappa shape index (κ2) is 10.3. The molecule has 1 saturated heterocycles. The van der Waals surface area contributed by atoms with Gasteiger partial charge in [0.1, 0.15) is 5.60 Å². The fourth-order valence-corrected chi connectivity index (χ4v) is 4.27. The number of halogens is 6. The molecule has 0 bridgehead atoms. The summed E-state index contributed by atoms with van der Waals surface area (Å²) in [5.41, 5.74) is -3.10. The van der Waals surface area contributed by atoms with E-state index in [9.17, 15) is 31.1 Å².